The van der Waals surface area contributed by atoms with E-state index in [9.17, 15) is 4.79 Å². The molecule has 0 saturated carbocycles. The van der Waals surface area contributed by atoms with E-state index in [2.05, 4.69) is 66.1 Å². The van der Waals surface area contributed by atoms with Crippen LogP contribution in [0.1, 0.15) is 51.8 Å². The zero-order valence-corrected chi connectivity index (χ0v) is 21.4. The van der Waals surface area contributed by atoms with Crippen molar-refractivity contribution in [1.29, 1.82) is 0 Å². The molecule has 0 aromatic carbocycles. The lowest BCUT2D eigenvalue weighted by Gasteiger charge is -2.33. The molecule has 1 fully saturated rings. The van der Waals surface area contributed by atoms with Gasteiger partial charge in [-0.05, 0) is 37.6 Å². The van der Waals surface area contributed by atoms with Crippen LogP contribution in [0, 0.1) is 0 Å². The number of rotatable bonds is 9. The largest absolute Gasteiger partial charge is 0.357 e. The van der Waals surface area contributed by atoms with Crippen molar-refractivity contribution in [2.24, 2.45) is 4.99 Å². The minimum Gasteiger partial charge on any atom is -0.357 e. The summed E-state index contributed by atoms with van der Waals surface area (Å²) < 4.78 is 0. The van der Waals surface area contributed by atoms with Gasteiger partial charge in [0.05, 0.1) is 13.1 Å². The number of halogens is 1. The molecule has 1 aromatic rings. The van der Waals surface area contributed by atoms with Gasteiger partial charge in [0.1, 0.15) is 0 Å². The molecule has 0 bridgehead atoms. The Balaban J connectivity index is 0.00000420. The van der Waals surface area contributed by atoms with Gasteiger partial charge in [0.25, 0.3) is 0 Å². The molecule has 2 heterocycles. The molecular formula is C21H38IN5OS. The van der Waals surface area contributed by atoms with Gasteiger partial charge in [0.2, 0.25) is 5.91 Å². The summed E-state index contributed by atoms with van der Waals surface area (Å²) in [4.78, 5) is 20.4. The first-order valence-corrected chi connectivity index (χ1v) is 11.4. The minimum absolute atomic E-state index is 0. The van der Waals surface area contributed by atoms with Gasteiger partial charge in [-0.2, -0.15) is 0 Å². The van der Waals surface area contributed by atoms with Crippen LogP contribution >= 0.6 is 35.3 Å². The number of nitrogens with one attached hydrogen (secondary N) is 3. The lowest BCUT2D eigenvalue weighted by Crippen LogP contribution is -2.50. The summed E-state index contributed by atoms with van der Waals surface area (Å²) in [5.41, 5.74) is 0.0335. The molecule has 1 saturated heterocycles. The van der Waals surface area contributed by atoms with E-state index in [1.54, 1.807) is 11.3 Å². The Morgan fingerprint density at radius 2 is 2.00 bits per heavy atom. The molecular weight excluding hydrogens is 497 g/mol. The van der Waals surface area contributed by atoms with E-state index < -0.39 is 0 Å². The number of likely N-dealkylation sites (tertiary alicyclic amines) is 1. The average Bonchev–Trinajstić information content (AvgIpc) is 3.22. The van der Waals surface area contributed by atoms with E-state index in [0.29, 0.717) is 12.6 Å². The number of guanidine groups is 1. The molecule has 3 N–H and O–H groups in total. The summed E-state index contributed by atoms with van der Waals surface area (Å²) >= 11 is 1.79. The van der Waals surface area contributed by atoms with Crippen molar-refractivity contribution < 1.29 is 4.79 Å². The molecule has 1 aromatic heterocycles. The molecule has 0 unspecified atom stereocenters. The van der Waals surface area contributed by atoms with E-state index >= 15 is 0 Å². The summed E-state index contributed by atoms with van der Waals surface area (Å²) in [7, 11) is 0. The standard InChI is InChI=1S/C21H37N5OS.HI/c1-5-11-23-19(27)15-26-12-9-17(10-13-26)25-20(22-6-2)24-16-21(3,4)18-8-7-14-28-18;/h7-8,14,17H,5-6,9-13,15-16H2,1-4H3,(H,23,27)(H2,22,24,25);1H. The molecule has 0 spiro atoms. The SMILES string of the molecule is CCCNC(=O)CN1CCC(NC(=NCC(C)(C)c2cccs2)NCC)CC1.I. The van der Waals surface area contributed by atoms with Crippen LogP contribution in [0.2, 0.25) is 0 Å². The van der Waals surface area contributed by atoms with E-state index in [1.165, 1.54) is 4.88 Å². The summed E-state index contributed by atoms with van der Waals surface area (Å²) in [6.07, 6.45) is 3.03. The predicted molar refractivity (Wildman–Crippen MR) is 135 cm³/mol. The summed E-state index contributed by atoms with van der Waals surface area (Å²) in [6, 6.07) is 4.69. The number of thiophene rings is 1. The molecule has 166 valence electrons. The first kappa shape index (κ1) is 26.2. The third-order valence-electron chi connectivity index (χ3n) is 5.03. The second-order valence-electron chi connectivity index (χ2n) is 8.10. The van der Waals surface area contributed by atoms with Crippen LogP contribution in [0.3, 0.4) is 0 Å². The number of hydrogen-bond acceptors (Lipinski definition) is 4. The van der Waals surface area contributed by atoms with Crippen LogP contribution in [0.5, 0.6) is 0 Å². The first-order chi connectivity index (χ1) is 13.4. The highest BCUT2D eigenvalue weighted by Gasteiger charge is 2.23. The molecule has 8 heteroatoms. The van der Waals surface area contributed by atoms with Crippen molar-refractivity contribution in [2.45, 2.75) is 58.4 Å². The zero-order chi connectivity index (χ0) is 20.4. The van der Waals surface area contributed by atoms with Gasteiger partial charge < -0.3 is 16.0 Å². The fraction of sp³-hybridized carbons (Fsp3) is 0.714. The average molecular weight is 536 g/mol. The Hall–Kier alpha value is -0.870. The fourth-order valence-corrected chi connectivity index (χ4v) is 4.13. The maximum Gasteiger partial charge on any atom is 0.234 e. The number of piperidine rings is 1. The minimum atomic E-state index is 0. The maximum atomic E-state index is 11.9. The maximum absolute atomic E-state index is 11.9. The Morgan fingerprint density at radius 1 is 1.28 bits per heavy atom. The summed E-state index contributed by atoms with van der Waals surface area (Å²) in [6.45, 7) is 13.4. The molecule has 1 aliphatic rings. The highest BCUT2D eigenvalue weighted by atomic mass is 127. The van der Waals surface area contributed by atoms with Crippen molar-refractivity contribution in [3.05, 3.63) is 22.4 Å². The topological polar surface area (TPSA) is 68.8 Å². The number of amides is 1. The number of carbonyl (C=O) groups excluding carboxylic acids is 1. The number of aliphatic imine (C=N–C) groups is 1. The molecule has 29 heavy (non-hydrogen) atoms. The highest BCUT2D eigenvalue weighted by molar-refractivity contribution is 14.0. The van der Waals surface area contributed by atoms with Crippen LogP contribution in [0.4, 0.5) is 0 Å². The van der Waals surface area contributed by atoms with Crippen LogP contribution in [0.25, 0.3) is 0 Å². The molecule has 1 amide bonds. The van der Waals surface area contributed by atoms with Crippen LogP contribution < -0.4 is 16.0 Å². The van der Waals surface area contributed by atoms with Gasteiger partial charge in [-0.25, -0.2) is 0 Å². The lowest BCUT2D eigenvalue weighted by molar-refractivity contribution is -0.122. The van der Waals surface area contributed by atoms with Crippen molar-refractivity contribution in [3.63, 3.8) is 0 Å². The predicted octanol–water partition coefficient (Wildman–Crippen LogP) is 3.19. The van der Waals surface area contributed by atoms with E-state index in [4.69, 9.17) is 4.99 Å². The normalized spacial score (nSPS) is 16.2. The molecule has 0 atom stereocenters. The Labute approximate surface area is 197 Å². The monoisotopic (exact) mass is 535 g/mol. The first-order valence-electron chi connectivity index (χ1n) is 10.5. The Kier molecular flexibility index (Phi) is 12.1. The van der Waals surface area contributed by atoms with Crippen LogP contribution in [-0.4, -0.2) is 62.1 Å². The molecule has 1 aliphatic heterocycles. The molecule has 2 rings (SSSR count). The van der Waals surface area contributed by atoms with Crippen molar-refractivity contribution >= 4 is 47.2 Å². The molecule has 6 nitrogen and oxygen atoms in total. The summed E-state index contributed by atoms with van der Waals surface area (Å²) in [5.74, 6) is 1.03. The summed E-state index contributed by atoms with van der Waals surface area (Å²) in [5, 5.41) is 12.1. The fourth-order valence-electron chi connectivity index (χ4n) is 3.29. The van der Waals surface area contributed by atoms with Gasteiger partial charge in [0.15, 0.2) is 5.96 Å². The number of hydrogen-bond donors (Lipinski definition) is 3. The van der Waals surface area contributed by atoms with E-state index in [-0.39, 0.29) is 35.3 Å². The van der Waals surface area contributed by atoms with Crippen molar-refractivity contribution in [1.82, 2.24) is 20.9 Å². The number of nitrogens with zero attached hydrogens (tertiary/aromatic N) is 2. The Bertz CT molecular complexity index is 613. The van der Waals surface area contributed by atoms with Crippen LogP contribution in [-0.2, 0) is 10.2 Å². The van der Waals surface area contributed by atoms with Gasteiger partial charge in [0, 0.05) is 42.5 Å². The van der Waals surface area contributed by atoms with E-state index in [1.807, 2.05) is 0 Å². The van der Waals surface area contributed by atoms with Gasteiger partial charge >= 0.3 is 0 Å². The van der Waals surface area contributed by atoms with Crippen LogP contribution in [0.15, 0.2) is 22.5 Å². The second-order valence-corrected chi connectivity index (χ2v) is 9.05. The third-order valence-corrected chi connectivity index (χ3v) is 6.27. The quantitative estimate of drug-likeness (QED) is 0.258. The second kappa shape index (κ2) is 13.4. The van der Waals surface area contributed by atoms with Crippen molar-refractivity contribution in [2.75, 3.05) is 39.3 Å². The Morgan fingerprint density at radius 3 is 2.59 bits per heavy atom. The van der Waals surface area contributed by atoms with Crippen molar-refractivity contribution in [3.8, 4) is 0 Å². The smallest absolute Gasteiger partial charge is 0.234 e. The van der Waals surface area contributed by atoms with E-state index in [0.717, 1.165) is 57.9 Å². The zero-order valence-electron chi connectivity index (χ0n) is 18.3. The highest BCUT2D eigenvalue weighted by Crippen LogP contribution is 2.27. The third kappa shape index (κ3) is 9.21. The van der Waals surface area contributed by atoms with Gasteiger partial charge in [-0.1, -0.05) is 26.8 Å². The molecule has 0 radical (unpaired) electrons. The van der Waals surface area contributed by atoms with Gasteiger partial charge in [-0.15, -0.1) is 35.3 Å². The number of carbonyl (C=O) groups is 1. The molecule has 0 aliphatic carbocycles. The van der Waals surface area contributed by atoms with Gasteiger partial charge in [-0.3, -0.25) is 14.7 Å². The lowest BCUT2D eigenvalue weighted by atomic mass is 9.92.